The van der Waals surface area contributed by atoms with Gasteiger partial charge < -0.3 is 20.1 Å². The summed E-state index contributed by atoms with van der Waals surface area (Å²) in [5, 5.41) is 0. The van der Waals surface area contributed by atoms with Gasteiger partial charge in [-0.15, -0.1) is 0 Å². The molecule has 0 saturated heterocycles. The number of hydrogen-bond donors (Lipinski definition) is 2. The average Bonchev–Trinajstić information content (AvgIpc) is 3.25. The van der Waals surface area contributed by atoms with Crippen LogP contribution in [0.1, 0.15) is 213 Å². The third-order valence-electron chi connectivity index (χ3n) is 10.4. The molecule has 0 saturated carbocycles. The molecule has 0 aliphatic rings. The van der Waals surface area contributed by atoms with Crippen LogP contribution in [0.5, 0.6) is 0 Å². The van der Waals surface area contributed by atoms with E-state index in [2.05, 4.69) is 86.8 Å². The van der Waals surface area contributed by atoms with E-state index in [1.54, 1.807) is 0 Å². The number of ether oxygens (including phenoxy) is 2. The van der Waals surface area contributed by atoms with Crippen LogP contribution in [0.4, 0.5) is 0 Å². The molecule has 0 rings (SSSR count). The summed E-state index contributed by atoms with van der Waals surface area (Å²) in [6.45, 7) is 4.78. The quantitative estimate of drug-likeness (QED) is 0.0269. The van der Waals surface area contributed by atoms with Gasteiger partial charge in [0.25, 0.3) is 0 Å². The van der Waals surface area contributed by atoms with E-state index in [-0.39, 0.29) is 32.3 Å². The zero-order valence-corrected chi connectivity index (χ0v) is 40.3. The van der Waals surface area contributed by atoms with Gasteiger partial charge >= 0.3 is 13.8 Å². The largest absolute Gasteiger partial charge is 0.472 e. The van der Waals surface area contributed by atoms with Gasteiger partial charge in [0, 0.05) is 19.6 Å². The summed E-state index contributed by atoms with van der Waals surface area (Å²) >= 11 is 0. The van der Waals surface area contributed by atoms with Crippen LogP contribution in [0.2, 0.25) is 0 Å². The molecule has 0 aromatic rings. The predicted octanol–water partition coefficient (Wildman–Crippen LogP) is 15.5. The molecule has 354 valence electrons. The summed E-state index contributed by atoms with van der Waals surface area (Å²) in [6, 6.07) is 0. The van der Waals surface area contributed by atoms with Crippen LogP contribution in [-0.4, -0.2) is 49.9 Å². The molecule has 0 aliphatic heterocycles. The number of carbonyl (C=O) groups is 1. The number of phosphoric acid groups is 1. The van der Waals surface area contributed by atoms with Crippen molar-refractivity contribution in [2.45, 2.75) is 219 Å². The first-order valence-electron chi connectivity index (χ1n) is 24.9. The number of allylic oxidation sites excluding steroid dienone is 12. The number of hydrogen-bond acceptors (Lipinski definition) is 7. The van der Waals surface area contributed by atoms with Gasteiger partial charge in [0.05, 0.1) is 19.8 Å². The van der Waals surface area contributed by atoms with Crippen LogP contribution in [0, 0.1) is 0 Å². The van der Waals surface area contributed by atoms with Crippen LogP contribution in [0.25, 0.3) is 0 Å². The Morgan fingerprint density at radius 1 is 0.508 bits per heavy atom. The van der Waals surface area contributed by atoms with Crippen molar-refractivity contribution in [2.24, 2.45) is 5.73 Å². The minimum absolute atomic E-state index is 0.0956. The lowest BCUT2D eigenvalue weighted by Gasteiger charge is -2.20. The highest BCUT2D eigenvalue weighted by Crippen LogP contribution is 2.43. The van der Waals surface area contributed by atoms with Gasteiger partial charge in [0.1, 0.15) is 6.10 Å². The molecule has 2 atom stereocenters. The first-order chi connectivity index (χ1) is 29.9. The second-order valence-electron chi connectivity index (χ2n) is 16.3. The fourth-order valence-electron chi connectivity index (χ4n) is 6.72. The number of carbonyl (C=O) groups excluding carboxylic acids is 1. The Morgan fingerprint density at radius 3 is 1.38 bits per heavy atom. The molecule has 0 aromatic heterocycles. The summed E-state index contributed by atoms with van der Waals surface area (Å²) in [7, 11) is -4.29. The normalized spacial score (nSPS) is 14.0. The van der Waals surface area contributed by atoms with Crippen LogP contribution in [0.3, 0.4) is 0 Å². The maximum absolute atomic E-state index is 12.6. The maximum atomic E-state index is 12.6. The smallest absolute Gasteiger partial charge is 0.457 e. The van der Waals surface area contributed by atoms with E-state index < -0.39 is 13.9 Å². The van der Waals surface area contributed by atoms with Crippen molar-refractivity contribution in [3.8, 4) is 0 Å². The summed E-state index contributed by atoms with van der Waals surface area (Å²) in [5.41, 5.74) is 5.39. The number of phosphoric ester groups is 1. The molecule has 0 amide bonds. The molecule has 0 fully saturated rings. The molecule has 0 aliphatic carbocycles. The Morgan fingerprint density at radius 2 is 0.918 bits per heavy atom. The Kier molecular flexibility index (Phi) is 47.3. The average molecular weight is 876 g/mol. The van der Waals surface area contributed by atoms with E-state index in [1.807, 2.05) is 0 Å². The summed E-state index contributed by atoms with van der Waals surface area (Å²) in [5.74, 6) is -0.340. The monoisotopic (exact) mass is 876 g/mol. The Bertz CT molecular complexity index is 1160. The lowest BCUT2D eigenvalue weighted by Crippen LogP contribution is -2.28. The van der Waals surface area contributed by atoms with Gasteiger partial charge in [-0.3, -0.25) is 13.8 Å². The highest BCUT2D eigenvalue weighted by Gasteiger charge is 2.25. The molecule has 61 heavy (non-hydrogen) atoms. The maximum Gasteiger partial charge on any atom is 0.472 e. The molecule has 0 aromatic carbocycles. The fraction of sp³-hybridized carbons (Fsp3) is 0.750. The fourth-order valence-corrected chi connectivity index (χ4v) is 7.49. The molecule has 2 unspecified atom stereocenters. The van der Waals surface area contributed by atoms with Crippen LogP contribution in [-0.2, 0) is 27.9 Å². The molecule has 0 radical (unpaired) electrons. The van der Waals surface area contributed by atoms with E-state index in [9.17, 15) is 14.3 Å². The van der Waals surface area contributed by atoms with Gasteiger partial charge in [-0.2, -0.15) is 0 Å². The lowest BCUT2D eigenvalue weighted by atomic mass is 10.1. The van der Waals surface area contributed by atoms with Gasteiger partial charge in [-0.05, 0) is 83.5 Å². The van der Waals surface area contributed by atoms with Crippen molar-refractivity contribution in [3.05, 3.63) is 72.9 Å². The molecule has 8 nitrogen and oxygen atoms in total. The van der Waals surface area contributed by atoms with Gasteiger partial charge in [0.15, 0.2) is 0 Å². The third kappa shape index (κ3) is 48.8. The minimum Gasteiger partial charge on any atom is -0.457 e. The molecule has 0 heterocycles. The zero-order valence-electron chi connectivity index (χ0n) is 39.4. The highest BCUT2D eigenvalue weighted by atomic mass is 31.2. The third-order valence-corrected chi connectivity index (χ3v) is 11.3. The van der Waals surface area contributed by atoms with Gasteiger partial charge in [0.2, 0.25) is 0 Å². The second kappa shape index (κ2) is 49.0. The molecule has 0 bridgehead atoms. The van der Waals surface area contributed by atoms with Crippen LogP contribution < -0.4 is 5.73 Å². The van der Waals surface area contributed by atoms with Crippen molar-refractivity contribution in [3.63, 3.8) is 0 Å². The van der Waals surface area contributed by atoms with Crippen molar-refractivity contribution >= 4 is 13.8 Å². The molecule has 9 heteroatoms. The van der Waals surface area contributed by atoms with Crippen molar-refractivity contribution in [1.82, 2.24) is 0 Å². The summed E-state index contributed by atoms with van der Waals surface area (Å²) < 4.78 is 33.6. The minimum atomic E-state index is -4.29. The second-order valence-corrected chi connectivity index (χ2v) is 17.7. The number of esters is 1. The van der Waals surface area contributed by atoms with E-state index in [4.69, 9.17) is 24.3 Å². The number of rotatable bonds is 47. The molecular formula is C52H94NO7P. The van der Waals surface area contributed by atoms with Crippen molar-refractivity contribution in [1.29, 1.82) is 0 Å². The van der Waals surface area contributed by atoms with Crippen molar-refractivity contribution < 1.29 is 32.8 Å². The molecular weight excluding hydrogens is 782 g/mol. The SMILES string of the molecule is CC/C=C\C/C=C\C/C=C\C/C=C\CCCCCCCCCCCCCOCC(COP(=O)(O)OCCN)OC(=O)CCCCCCCCC/C=C\C/C=C\CCCCCC. The van der Waals surface area contributed by atoms with Crippen molar-refractivity contribution in [2.75, 3.05) is 33.0 Å². The van der Waals surface area contributed by atoms with Crippen LogP contribution in [0.15, 0.2) is 72.9 Å². The van der Waals surface area contributed by atoms with E-state index in [1.165, 1.54) is 122 Å². The summed E-state index contributed by atoms with van der Waals surface area (Å²) in [4.78, 5) is 22.6. The first-order valence-corrected chi connectivity index (χ1v) is 26.4. The highest BCUT2D eigenvalue weighted by molar-refractivity contribution is 7.47. The standard InChI is InChI=1S/C52H94NO7P/c1-3-5-7-9-11-13-15-17-19-21-23-24-25-26-27-28-30-32-34-36-38-40-42-44-47-57-49-51(50-59-61(55,56)58-48-46-53)60-52(54)45-43-41-39-37-35-33-31-29-22-20-18-16-14-12-10-8-6-4-2/h5,7,11,13-14,16-17,19-20,22-24,51H,3-4,6,8-10,12,15,18,21,25-50,53H2,1-2H3,(H,55,56)/b7-5-,13-11-,16-14-,19-17-,22-20-,24-23-. The van der Waals surface area contributed by atoms with E-state index in [0.29, 0.717) is 13.0 Å². The van der Waals surface area contributed by atoms with E-state index >= 15 is 0 Å². The van der Waals surface area contributed by atoms with E-state index in [0.717, 1.165) is 70.6 Å². The Balaban J connectivity index is 3.97. The number of nitrogens with two attached hydrogens (primary N) is 1. The van der Waals surface area contributed by atoms with Gasteiger partial charge in [-0.25, -0.2) is 4.57 Å². The Labute approximate surface area is 376 Å². The van der Waals surface area contributed by atoms with Gasteiger partial charge in [-0.1, -0.05) is 196 Å². The Hall–Kier alpha value is -2.06. The zero-order chi connectivity index (χ0) is 44.4. The predicted molar refractivity (Wildman–Crippen MR) is 261 cm³/mol. The van der Waals surface area contributed by atoms with Crippen LogP contribution >= 0.6 is 7.82 Å². The molecule has 3 N–H and O–H groups in total. The lowest BCUT2D eigenvalue weighted by molar-refractivity contribution is -0.154. The summed E-state index contributed by atoms with van der Waals surface area (Å²) in [6.07, 6.45) is 62.1. The number of unbranched alkanes of at least 4 members (excludes halogenated alkanes) is 22. The first kappa shape index (κ1) is 58.9. The topological polar surface area (TPSA) is 117 Å². The molecule has 0 spiro atoms.